The zero-order valence-corrected chi connectivity index (χ0v) is 13.5. The Hall–Kier alpha value is -1.78. The zero-order valence-electron chi connectivity index (χ0n) is 12.7. The van der Waals surface area contributed by atoms with Gasteiger partial charge >= 0.3 is 0 Å². The van der Waals surface area contributed by atoms with Crippen molar-refractivity contribution in [1.29, 1.82) is 0 Å². The molecule has 0 bridgehead atoms. The molecule has 0 aliphatic rings. The molecule has 0 fully saturated rings. The minimum Gasteiger partial charge on any atom is -0.354 e. The maximum Gasteiger partial charge on any atom is 0.257 e. The monoisotopic (exact) mass is 314 g/mol. The van der Waals surface area contributed by atoms with Gasteiger partial charge in [0.2, 0.25) is 11.9 Å². The molecule has 1 heterocycles. The lowest BCUT2D eigenvalue weighted by Crippen LogP contribution is -2.25. The van der Waals surface area contributed by atoms with Crippen LogP contribution in [0.25, 0.3) is 0 Å². The van der Waals surface area contributed by atoms with Gasteiger partial charge in [-0.2, -0.15) is 15.0 Å². The van der Waals surface area contributed by atoms with Crippen molar-refractivity contribution in [2.45, 2.75) is 26.7 Å². The number of anilines is 3. The van der Waals surface area contributed by atoms with E-state index in [-0.39, 0.29) is 19.0 Å². The van der Waals surface area contributed by atoms with Crippen LogP contribution in [0.1, 0.15) is 26.7 Å². The maximum absolute atomic E-state index is 5.30. The summed E-state index contributed by atoms with van der Waals surface area (Å²) in [4.78, 5) is 18.1. The molecule has 0 amide bonds. The van der Waals surface area contributed by atoms with E-state index in [0.29, 0.717) is 17.8 Å². The molecule has 1 rings (SSSR count). The molecule has 21 heavy (non-hydrogen) atoms. The third kappa shape index (κ3) is 6.47. The van der Waals surface area contributed by atoms with Crippen LogP contribution in [0.4, 0.5) is 17.8 Å². The Balaban J connectivity index is 0.00000400. The highest BCUT2D eigenvalue weighted by atomic mass is 35.5. The van der Waals surface area contributed by atoms with Gasteiger partial charge in [-0.3, -0.25) is 4.84 Å². The van der Waals surface area contributed by atoms with Gasteiger partial charge in [-0.15, -0.1) is 18.8 Å². The standard InChI is InChI=1S/C13H22N6O.ClH/c1-5-8-14-11-16-12(15-9-6-2)18-13(17-11)19(20-4)10-7-3;/h3H,5-6,8-10H2,1-2,4H3,(H2,14,15,16,17,18);1H. The molecular formula is C13H23ClN6O. The lowest BCUT2D eigenvalue weighted by Gasteiger charge is -2.18. The van der Waals surface area contributed by atoms with Crippen LogP contribution in [-0.4, -0.2) is 41.7 Å². The first-order chi connectivity index (χ1) is 9.74. The van der Waals surface area contributed by atoms with Crippen molar-refractivity contribution in [1.82, 2.24) is 15.0 Å². The molecule has 0 radical (unpaired) electrons. The highest BCUT2D eigenvalue weighted by molar-refractivity contribution is 5.85. The molecule has 0 aliphatic carbocycles. The highest BCUT2D eigenvalue weighted by Crippen LogP contribution is 2.13. The molecule has 0 saturated heterocycles. The van der Waals surface area contributed by atoms with Crippen LogP contribution in [0.5, 0.6) is 0 Å². The summed E-state index contributed by atoms with van der Waals surface area (Å²) in [5, 5.41) is 7.71. The molecule has 1 aromatic rings. The maximum atomic E-state index is 5.30. The SMILES string of the molecule is C#CCN(OC)c1nc(NCCC)nc(NCCC)n1.Cl. The van der Waals surface area contributed by atoms with Gasteiger partial charge in [0.15, 0.2) is 0 Å². The second-order valence-electron chi connectivity index (χ2n) is 4.06. The number of hydroxylamine groups is 1. The molecule has 0 aromatic carbocycles. The second kappa shape index (κ2) is 10.9. The molecule has 2 N–H and O–H groups in total. The van der Waals surface area contributed by atoms with Gasteiger partial charge < -0.3 is 10.6 Å². The Bertz CT molecular complexity index is 425. The van der Waals surface area contributed by atoms with Gasteiger partial charge in [-0.05, 0) is 12.8 Å². The number of rotatable bonds is 9. The predicted molar refractivity (Wildman–Crippen MR) is 87.8 cm³/mol. The van der Waals surface area contributed by atoms with E-state index in [1.807, 2.05) is 0 Å². The van der Waals surface area contributed by atoms with Crippen molar-refractivity contribution in [2.24, 2.45) is 0 Å². The van der Waals surface area contributed by atoms with Crippen LogP contribution in [-0.2, 0) is 4.84 Å². The van der Waals surface area contributed by atoms with E-state index in [2.05, 4.69) is 45.4 Å². The third-order valence-electron chi connectivity index (χ3n) is 2.37. The van der Waals surface area contributed by atoms with Crippen molar-refractivity contribution in [2.75, 3.05) is 42.4 Å². The van der Waals surface area contributed by atoms with Gasteiger partial charge in [0.25, 0.3) is 5.95 Å². The van der Waals surface area contributed by atoms with E-state index in [9.17, 15) is 0 Å². The number of hydrogen-bond donors (Lipinski definition) is 2. The number of aromatic nitrogens is 3. The average Bonchev–Trinajstić information content (AvgIpc) is 2.48. The summed E-state index contributed by atoms with van der Waals surface area (Å²) in [5.74, 6) is 3.91. The van der Waals surface area contributed by atoms with Crippen molar-refractivity contribution >= 4 is 30.3 Å². The summed E-state index contributed by atoms with van der Waals surface area (Å²) in [6, 6.07) is 0. The van der Waals surface area contributed by atoms with E-state index in [4.69, 9.17) is 11.3 Å². The number of terminal acetylenes is 1. The Morgan fingerprint density at radius 2 is 1.62 bits per heavy atom. The fraction of sp³-hybridized carbons (Fsp3) is 0.615. The first kappa shape index (κ1) is 19.2. The van der Waals surface area contributed by atoms with Crippen molar-refractivity contribution < 1.29 is 4.84 Å². The lowest BCUT2D eigenvalue weighted by atomic mass is 10.5. The van der Waals surface area contributed by atoms with Crippen LogP contribution in [0, 0.1) is 12.3 Å². The number of halogens is 1. The molecule has 0 aliphatic heterocycles. The molecule has 118 valence electrons. The first-order valence-electron chi connectivity index (χ1n) is 6.74. The van der Waals surface area contributed by atoms with Gasteiger partial charge in [-0.25, -0.2) is 5.06 Å². The quantitative estimate of drug-likeness (QED) is 0.533. The average molecular weight is 315 g/mol. The van der Waals surface area contributed by atoms with E-state index in [1.54, 1.807) is 0 Å². The molecule has 0 saturated carbocycles. The summed E-state index contributed by atoms with van der Waals surface area (Å²) < 4.78 is 0. The van der Waals surface area contributed by atoms with E-state index in [0.717, 1.165) is 25.9 Å². The predicted octanol–water partition coefficient (Wildman–Crippen LogP) is 1.94. The zero-order chi connectivity index (χ0) is 14.8. The summed E-state index contributed by atoms with van der Waals surface area (Å²) >= 11 is 0. The number of nitrogens with zero attached hydrogens (tertiary/aromatic N) is 4. The fourth-order valence-electron chi connectivity index (χ4n) is 1.41. The largest absolute Gasteiger partial charge is 0.354 e. The van der Waals surface area contributed by atoms with Crippen molar-refractivity contribution in [3.05, 3.63) is 0 Å². The van der Waals surface area contributed by atoms with E-state index in [1.165, 1.54) is 12.2 Å². The molecule has 1 aromatic heterocycles. The summed E-state index contributed by atoms with van der Waals surface area (Å²) in [7, 11) is 1.53. The molecule has 8 heteroatoms. The number of hydrogen-bond acceptors (Lipinski definition) is 7. The van der Waals surface area contributed by atoms with Crippen LogP contribution in [0.3, 0.4) is 0 Å². The van der Waals surface area contributed by atoms with Crippen LogP contribution < -0.4 is 15.7 Å². The highest BCUT2D eigenvalue weighted by Gasteiger charge is 2.12. The smallest absolute Gasteiger partial charge is 0.257 e. The Morgan fingerprint density at radius 1 is 1.10 bits per heavy atom. The number of nitrogens with one attached hydrogen (secondary N) is 2. The summed E-state index contributed by atoms with van der Waals surface area (Å²) in [6.45, 7) is 5.99. The normalized spacial score (nSPS) is 9.43. The Morgan fingerprint density at radius 3 is 2.00 bits per heavy atom. The van der Waals surface area contributed by atoms with Gasteiger partial charge in [0.05, 0.1) is 7.11 Å². The minimum absolute atomic E-state index is 0. The first-order valence-corrected chi connectivity index (χ1v) is 6.74. The van der Waals surface area contributed by atoms with Crippen LogP contribution in [0.15, 0.2) is 0 Å². The van der Waals surface area contributed by atoms with Crippen molar-refractivity contribution in [3.63, 3.8) is 0 Å². The molecule has 0 unspecified atom stereocenters. The molecule has 7 nitrogen and oxygen atoms in total. The molecular weight excluding hydrogens is 292 g/mol. The summed E-state index contributed by atoms with van der Waals surface area (Å²) in [6.07, 6.45) is 7.27. The van der Waals surface area contributed by atoms with Gasteiger partial charge in [-0.1, -0.05) is 19.8 Å². The van der Waals surface area contributed by atoms with Gasteiger partial charge in [0.1, 0.15) is 6.54 Å². The Labute approximate surface area is 132 Å². The van der Waals surface area contributed by atoms with Gasteiger partial charge in [0, 0.05) is 13.1 Å². The lowest BCUT2D eigenvalue weighted by molar-refractivity contribution is 0.171. The summed E-state index contributed by atoms with van der Waals surface area (Å²) in [5.41, 5.74) is 0. The second-order valence-corrected chi connectivity index (χ2v) is 4.06. The molecule has 0 atom stereocenters. The Kier molecular flexibility index (Phi) is 10.0. The van der Waals surface area contributed by atoms with E-state index < -0.39 is 0 Å². The minimum atomic E-state index is 0. The molecule has 0 spiro atoms. The fourth-order valence-corrected chi connectivity index (χ4v) is 1.41. The third-order valence-corrected chi connectivity index (χ3v) is 2.37. The van der Waals surface area contributed by atoms with Crippen molar-refractivity contribution in [3.8, 4) is 12.3 Å². The van der Waals surface area contributed by atoms with Crippen LogP contribution >= 0.6 is 12.4 Å². The van der Waals surface area contributed by atoms with Crippen LogP contribution in [0.2, 0.25) is 0 Å². The topological polar surface area (TPSA) is 75.2 Å². The van der Waals surface area contributed by atoms with E-state index >= 15 is 0 Å².